The molecular weight excluding hydrogens is 286 g/mol. The zero-order chi connectivity index (χ0) is 16.7. The van der Waals surface area contributed by atoms with E-state index in [9.17, 15) is 4.79 Å². The summed E-state index contributed by atoms with van der Waals surface area (Å²) in [4.78, 5) is 11.8. The molecular formula is C20H21NO2. The van der Waals surface area contributed by atoms with Crippen molar-refractivity contribution in [1.29, 1.82) is 0 Å². The molecule has 0 fully saturated rings. The average molecular weight is 307 g/mol. The fourth-order valence-corrected chi connectivity index (χ4v) is 1.94. The third-order valence-electron chi connectivity index (χ3n) is 2.95. The Bertz CT molecular complexity index is 719. The molecule has 1 N–H and O–H groups in total. The summed E-state index contributed by atoms with van der Waals surface area (Å²) < 4.78 is 5.24. The minimum absolute atomic E-state index is 0.383. The number of hydrogen-bond acceptors (Lipinski definition) is 2. The van der Waals surface area contributed by atoms with Gasteiger partial charge in [0.15, 0.2) is 0 Å². The topological polar surface area (TPSA) is 38.3 Å². The summed E-state index contributed by atoms with van der Waals surface area (Å²) in [7, 11) is 0. The monoisotopic (exact) mass is 307 g/mol. The summed E-state index contributed by atoms with van der Waals surface area (Å²) in [5, 5.41) is 2.77. The molecule has 0 aliphatic carbocycles. The molecule has 0 atom stereocenters. The molecule has 0 spiro atoms. The maximum atomic E-state index is 11.8. The molecule has 2 rings (SSSR count). The number of ether oxygens (including phenoxy) is 1. The molecule has 0 unspecified atom stereocenters. The van der Waals surface area contributed by atoms with E-state index < -0.39 is 11.7 Å². The number of rotatable bonds is 2. The minimum Gasteiger partial charge on any atom is -0.444 e. The van der Waals surface area contributed by atoms with E-state index in [-0.39, 0.29) is 0 Å². The molecule has 3 nitrogen and oxygen atoms in total. The lowest BCUT2D eigenvalue weighted by Crippen LogP contribution is -2.32. The van der Waals surface area contributed by atoms with Crippen LogP contribution in [-0.4, -0.2) is 11.7 Å². The van der Waals surface area contributed by atoms with Gasteiger partial charge in [-0.05, 0) is 44.5 Å². The number of benzene rings is 2. The third-order valence-corrected chi connectivity index (χ3v) is 2.95. The maximum Gasteiger partial charge on any atom is 0.407 e. The zero-order valence-corrected chi connectivity index (χ0v) is 13.7. The van der Waals surface area contributed by atoms with Gasteiger partial charge in [-0.3, -0.25) is 0 Å². The van der Waals surface area contributed by atoms with Crippen molar-refractivity contribution in [2.45, 2.75) is 32.9 Å². The van der Waals surface area contributed by atoms with Crippen LogP contribution in [0, 0.1) is 11.8 Å². The number of alkyl carbamates (subject to hydrolysis) is 1. The number of nitrogens with one attached hydrogen (secondary N) is 1. The van der Waals surface area contributed by atoms with Crippen LogP contribution in [0.4, 0.5) is 4.79 Å². The normalized spacial score (nSPS) is 10.4. The predicted molar refractivity (Wildman–Crippen MR) is 91.9 cm³/mol. The van der Waals surface area contributed by atoms with Gasteiger partial charge in [0.2, 0.25) is 0 Å². The Labute approximate surface area is 137 Å². The second kappa shape index (κ2) is 7.51. The van der Waals surface area contributed by atoms with E-state index in [1.807, 2.05) is 75.4 Å². The van der Waals surface area contributed by atoms with E-state index in [0.29, 0.717) is 6.54 Å². The molecule has 0 heterocycles. The van der Waals surface area contributed by atoms with Crippen LogP contribution in [0.3, 0.4) is 0 Å². The molecule has 0 aromatic heterocycles. The third kappa shape index (κ3) is 5.88. The lowest BCUT2D eigenvalue weighted by atomic mass is 10.1. The van der Waals surface area contributed by atoms with Crippen LogP contribution in [0.1, 0.15) is 37.5 Å². The summed E-state index contributed by atoms with van der Waals surface area (Å²) in [6.45, 7) is 5.90. The molecule has 0 saturated heterocycles. The second-order valence-electron chi connectivity index (χ2n) is 6.13. The zero-order valence-electron chi connectivity index (χ0n) is 13.7. The summed E-state index contributed by atoms with van der Waals surface area (Å²) in [6.07, 6.45) is -0.427. The first-order chi connectivity index (χ1) is 10.9. The lowest BCUT2D eigenvalue weighted by molar-refractivity contribution is 0.0523. The summed E-state index contributed by atoms with van der Waals surface area (Å²) >= 11 is 0. The van der Waals surface area contributed by atoms with Crippen molar-refractivity contribution in [3.63, 3.8) is 0 Å². The molecule has 0 saturated carbocycles. The van der Waals surface area contributed by atoms with Gasteiger partial charge in [-0.2, -0.15) is 0 Å². The lowest BCUT2D eigenvalue weighted by Gasteiger charge is -2.19. The highest BCUT2D eigenvalue weighted by Gasteiger charge is 2.15. The number of hydrogen-bond donors (Lipinski definition) is 1. The summed E-state index contributed by atoms with van der Waals surface area (Å²) in [5.74, 6) is 6.29. The first-order valence-electron chi connectivity index (χ1n) is 7.56. The van der Waals surface area contributed by atoms with Crippen LogP contribution < -0.4 is 5.32 Å². The smallest absolute Gasteiger partial charge is 0.407 e. The highest BCUT2D eigenvalue weighted by Crippen LogP contribution is 2.10. The van der Waals surface area contributed by atoms with Gasteiger partial charge in [0.1, 0.15) is 5.60 Å². The van der Waals surface area contributed by atoms with Crippen LogP contribution in [0.25, 0.3) is 0 Å². The Morgan fingerprint density at radius 3 is 2.35 bits per heavy atom. The van der Waals surface area contributed by atoms with E-state index >= 15 is 0 Å². The van der Waals surface area contributed by atoms with E-state index in [1.54, 1.807) is 0 Å². The van der Waals surface area contributed by atoms with Gasteiger partial charge in [0, 0.05) is 17.7 Å². The van der Waals surface area contributed by atoms with E-state index in [2.05, 4.69) is 17.2 Å². The highest BCUT2D eigenvalue weighted by molar-refractivity contribution is 5.67. The fourth-order valence-electron chi connectivity index (χ4n) is 1.94. The molecule has 23 heavy (non-hydrogen) atoms. The van der Waals surface area contributed by atoms with Gasteiger partial charge in [-0.1, -0.05) is 48.2 Å². The molecule has 0 aliphatic rings. The van der Waals surface area contributed by atoms with Crippen LogP contribution in [0.15, 0.2) is 54.6 Å². The van der Waals surface area contributed by atoms with Gasteiger partial charge in [-0.15, -0.1) is 0 Å². The van der Waals surface area contributed by atoms with Crippen LogP contribution in [0.2, 0.25) is 0 Å². The van der Waals surface area contributed by atoms with Crippen LogP contribution in [0.5, 0.6) is 0 Å². The van der Waals surface area contributed by atoms with Crippen molar-refractivity contribution in [3.8, 4) is 11.8 Å². The molecule has 0 bridgehead atoms. The second-order valence-corrected chi connectivity index (χ2v) is 6.13. The Morgan fingerprint density at radius 2 is 1.65 bits per heavy atom. The molecule has 0 radical (unpaired) electrons. The van der Waals surface area contributed by atoms with E-state index in [4.69, 9.17) is 4.74 Å². The largest absolute Gasteiger partial charge is 0.444 e. The summed E-state index contributed by atoms with van der Waals surface area (Å²) in [5.41, 5.74) is 2.31. The minimum atomic E-state index is -0.503. The molecule has 0 aliphatic heterocycles. The van der Waals surface area contributed by atoms with E-state index in [0.717, 1.165) is 16.7 Å². The Hall–Kier alpha value is -2.73. The molecule has 1 amide bonds. The van der Waals surface area contributed by atoms with E-state index in [1.165, 1.54) is 0 Å². The SMILES string of the molecule is CC(C)(C)OC(=O)NCc1ccccc1C#Cc1ccccc1. The van der Waals surface area contributed by atoms with Gasteiger partial charge in [-0.25, -0.2) is 4.79 Å². The van der Waals surface area contributed by atoms with Crippen molar-refractivity contribution in [2.24, 2.45) is 0 Å². The standard InChI is InChI=1S/C20H21NO2/c1-20(2,3)23-19(22)21-15-18-12-8-7-11-17(18)14-13-16-9-5-4-6-10-16/h4-12H,15H2,1-3H3,(H,21,22). The summed E-state index contributed by atoms with van der Waals surface area (Å²) in [6, 6.07) is 17.6. The maximum absolute atomic E-state index is 11.8. The van der Waals surface area contributed by atoms with Crippen LogP contribution in [-0.2, 0) is 11.3 Å². The van der Waals surface area contributed by atoms with Gasteiger partial charge < -0.3 is 10.1 Å². The van der Waals surface area contributed by atoms with Gasteiger partial charge in [0.25, 0.3) is 0 Å². The van der Waals surface area contributed by atoms with Crippen molar-refractivity contribution in [1.82, 2.24) is 5.32 Å². The van der Waals surface area contributed by atoms with Crippen molar-refractivity contribution < 1.29 is 9.53 Å². The predicted octanol–water partition coefficient (Wildman–Crippen LogP) is 4.11. The van der Waals surface area contributed by atoms with Crippen molar-refractivity contribution in [2.75, 3.05) is 0 Å². The quantitative estimate of drug-likeness (QED) is 0.848. The fraction of sp³-hybridized carbons (Fsp3) is 0.250. The van der Waals surface area contributed by atoms with Crippen LogP contribution >= 0.6 is 0 Å². The molecule has 2 aromatic rings. The molecule has 118 valence electrons. The highest BCUT2D eigenvalue weighted by atomic mass is 16.6. The number of amides is 1. The number of carbonyl (C=O) groups is 1. The average Bonchev–Trinajstić information content (AvgIpc) is 2.51. The molecule has 3 heteroatoms. The number of carbonyl (C=O) groups excluding carboxylic acids is 1. The Kier molecular flexibility index (Phi) is 5.43. The first-order valence-corrected chi connectivity index (χ1v) is 7.56. The van der Waals surface area contributed by atoms with Crippen molar-refractivity contribution in [3.05, 3.63) is 71.3 Å². The van der Waals surface area contributed by atoms with Gasteiger partial charge in [0.05, 0.1) is 0 Å². The molecule has 2 aromatic carbocycles. The Morgan fingerprint density at radius 1 is 1.00 bits per heavy atom. The first kappa shape index (κ1) is 16.6. The Balaban J connectivity index is 2.07. The van der Waals surface area contributed by atoms with Gasteiger partial charge >= 0.3 is 6.09 Å². The van der Waals surface area contributed by atoms with Crippen molar-refractivity contribution >= 4 is 6.09 Å².